The number of amides is 1. The smallest absolute Gasteiger partial charge is 0.254 e. The van der Waals surface area contributed by atoms with Crippen molar-refractivity contribution in [1.29, 1.82) is 0 Å². The zero-order valence-electron chi connectivity index (χ0n) is 9.09. The largest absolute Gasteiger partial charge is 0.508 e. The molecule has 0 heterocycles. The van der Waals surface area contributed by atoms with Crippen molar-refractivity contribution in [2.45, 2.75) is 32.2 Å². The lowest BCUT2D eigenvalue weighted by Crippen LogP contribution is -2.39. The quantitative estimate of drug-likeness (QED) is 0.806. The number of phenols is 1. The first-order chi connectivity index (χ1) is 7.58. The highest BCUT2D eigenvalue weighted by molar-refractivity contribution is 5.95. The predicted octanol–water partition coefficient (Wildman–Crippen LogP) is 2.12. The molecule has 86 valence electrons. The van der Waals surface area contributed by atoms with Crippen LogP contribution >= 0.6 is 0 Å². The Kier molecular flexibility index (Phi) is 2.81. The van der Waals surface area contributed by atoms with E-state index in [-0.39, 0.29) is 17.4 Å². The number of nitrogens with one attached hydrogen (secondary N) is 1. The van der Waals surface area contributed by atoms with Crippen molar-refractivity contribution in [3.8, 4) is 5.75 Å². The molecular weight excluding hydrogens is 209 g/mol. The average Bonchev–Trinajstić information content (AvgIpc) is 2.17. The first-order valence-electron chi connectivity index (χ1n) is 5.38. The Hall–Kier alpha value is -1.58. The molecule has 1 aliphatic carbocycles. The predicted molar refractivity (Wildman–Crippen MR) is 57.9 cm³/mol. The normalized spacial score (nSPS) is 15.6. The lowest BCUT2D eigenvalue weighted by molar-refractivity contribution is 0.0912. The fraction of sp³-hybridized carbons (Fsp3) is 0.417. The van der Waals surface area contributed by atoms with Gasteiger partial charge in [0.25, 0.3) is 5.91 Å². The molecule has 1 aromatic carbocycles. The van der Waals surface area contributed by atoms with Crippen LogP contribution in [0.15, 0.2) is 12.1 Å². The van der Waals surface area contributed by atoms with Gasteiger partial charge < -0.3 is 10.4 Å². The topological polar surface area (TPSA) is 49.3 Å². The number of hydrogen-bond acceptors (Lipinski definition) is 2. The van der Waals surface area contributed by atoms with E-state index in [2.05, 4.69) is 5.32 Å². The van der Waals surface area contributed by atoms with Crippen LogP contribution in [0.3, 0.4) is 0 Å². The minimum Gasteiger partial charge on any atom is -0.508 e. The van der Waals surface area contributed by atoms with E-state index in [4.69, 9.17) is 0 Å². The SMILES string of the molecule is Cc1cc(C(=O)NC2CCC2)c(F)cc1O. The van der Waals surface area contributed by atoms with E-state index in [1.54, 1.807) is 6.92 Å². The minimum absolute atomic E-state index is 0.00204. The molecule has 16 heavy (non-hydrogen) atoms. The second-order valence-electron chi connectivity index (χ2n) is 4.22. The van der Waals surface area contributed by atoms with Crippen molar-refractivity contribution >= 4 is 5.91 Å². The fourth-order valence-corrected chi connectivity index (χ4v) is 1.66. The van der Waals surface area contributed by atoms with E-state index >= 15 is 0 Å². The van der Waals surface area contributed by atoms with Gasteiger partial charge >= 0.3 is 0 Å². The van der Waals surface area contributed by atoms with Gasteiger partial charge in [-0.3, -0.25) is 4.79 Å². The fourth-order valence-electron chi connectivity index (χ4n) is 1.66. The molecule has 1 aromatic rings. The first kappa shape index (κ1) is 10.9. The van der Waals surface area contributed by atoms with Crippen LogP contribution in [0.25, 0.3) is 0 Å². The van der Waals surface area contributed by atoms with Crippen molar-refractivity contribution in [1.82, 2.24) is 5.32 Å². The maximum Gasteiger partial charge on any atom is 0.254 e. The zero-order chi connectivity index (χ0) is 11.7. The number of carbonyl (C=O) groups excluding carboxylic acids is 1. The van der Waals surface area contributed by atoms with Gasteiger partial charge in [-0.2, -0.15) is 0 Å². The van der Waals surface area contributed by atoms with E-state index in [1.165, 1.54) is 6.07 Å². The van der Waals surface area contributed by atoms with Gasteiger partial charge in [-0.15, -0.1) is 0 Å². The van der Waals surface area contributed by atoms with Gasteiger partial charge in [-0.25, -0.2) is 4.39 Å². The molecule has 0 bridgehead atoms. The van der Waals surface area contributed by atoms with Crippen LogP contribution in [-0.4, -0.2) is 17.1 Å². The molecule has 1 amide bonds. The average molecular weight is 223 g/mol. The Morgan fingerprint density at radius 1 is 1.50 bits per heavy atom. The van der Waals surface area contributed by atoms with Crippen molar-refractivity contribution in [2.24, 2.45) is 0 Å². The van der Waals surface area contributed by atoms with Crippen LogP contribution < -0.4 is 5.32 Å². The lowest BCUT2D eigenvalue weighted by atomic mass is 9.93. The zero-order valence-corrected chi connectivity index (χ0v) is 9.09. The minimum atomic E-state index is -0.681. The van der Waals surface area contributed by atoms with Gasteiger partial charge in [0.2, 0.25) is 0 Å². The van der Waals surface area contributed by atoms with Crippen LogP contribution in [0.4, 0.5) is 4.39 Å². The van der Waals surface area contributed by atoms with Crippen LogP contribution in [0.5, 0.6) is 5.75 Å². The van der Waals surface area contributed by atoms with Crippen LogP contribution in [-0.2, 0) is 0 Å². The molecule has 1 saturated carbocycles. The Bertz CT molecular complexity index is 427. The molecule has 1 aliphatic rings. The molecule has 0 saturated heterocycles. The molecule has 3 nitrogen and oxygen atoms in total. The second kappa shape index (κ2) is 4.12. The molecule has 0 atom stereocenters. The number of carbonyl (C=O) groups is 1. The highest BCUT2D eigenvalue weighted by atomic mass is 19.1. The van der Waals surface area contributed by atoms with Crippen LogP contribution in [0.1, 0.15) is 35.2 Å². The third kappa shape index (κ3) is 2.01. The Labute approximate surface area is 93.3 Å². The molecule has 0 spiro atoms. The Balaban J connectivity index is 2.18. The molecule has 1 fully saturated rings. The van der Waals surface area contributed by atoms with Crippen LogP contribution in [0, 0.1) is 12.7 Å². The summed E-state index contributed by atoms with van der Waals surface area (Å²) in [6, 6.07) is 2.53. The number of hydrogen-bond donors (Lipinski definition) is 2. The highest BCUT2D eigenvalue weighted by Crippen LogP contribution is 2.22. The van der Waals surface area contributed by atoms with Gasteiger partial charge in [0.15, 0.2) is 0 Å². The summed E-state index contributed by atoms with van der Waals surface area (Å²) in [5.74, 6) is -1.21. The third-order valence-electron chi connectivity index (χ3n) is 2.97. The summed E-state index contributed by atoms with van der Waals surface area (Å²) in [5, 5.41) is 12.0. The molecule has 0 aliphatic heterocycles. The summed E-state index contributed by atoms with van der Waals surface area (Å²) in [5.41, 5.74) is 0.502. The molecule has 0 radical (unpaired) electrons. The van der Waals surface area contributed by atoms with Gasteiger partial charge in [-0.1, -0.05) is 0 Å². The van der Waals surface area contributed by atoms with E-state index in [0.717, 1.165) is 25.3 Å². The molecular formula is C12H14FNO2. The molecule has 2 N–H and O–H groups in total. The number of aryl methyl sites for hydroxylation is 1. The van der Waals surface area contributed by atoms with Crippen molar-refractivity contribution in [3.63, 3.8) is 0 Å². The molecule has 0 unspecified atom stereocenters. The standard InChI is InChI=1S/C12H14FNO2/c1-7-5-9(10(13)6-11(7)15)12(16)14-8-3-2-4-8/h5-6,8,15H,2-4H2,1H3,(H,14,16). The summed E-state index contributed by atoms with van der Waals surface area (Å²) < 4.78 is 13.4. The molecule has 4 heteroatoms. The summed E-state index contributed by atoms with van der Waals surface area (Å²) in [6.07, 6.45) is 3.04. The summed E-state index contributed by atoms with van der Waals surface area (Å²) in [4.78, 5) is 11.7. The van der Waals surface area contributed by atoms with Gasteiger partial charge in [0.1, 0.15) is 11.6 Å². The second-order valence-corrected chi connectivity index (χ2v) is 4.22. The van der Waals surface area contributed by atoms with Crippen LogP contribution in [0.2, 0.25) is 0 Å². The number of halogens is 1. The molecule has 2 rings (SSSR count). The summed E-state index contributed by atoms with van der Waals surface area (Å²) >= 11 is 0. The van der Waals surface area contributed by atoms with Crippen molar-refractivity contribution < 1.29 is 14.3 Å². The van der Waals surface area contributed by atoms with E-state index in [0.29, 0.717) is 5.56 Å². The first-order valence-corrected chi connectivity index (χ1v) is 5.38. The van der Waals surface area contributed by atoms with E-state index < -0.39 is 11.7 Å². The number of aromatic hydroxyl groups is 1. The van der Waals surface area contributed by atoms with E-state index in [9.17, 15) is 14.3 Å². The van der Waals surface area contributed by atoms with E-state index in [1.807, 2.05) is 0 Å². The Morgan fingerprint density at radius 2 is 2.19 bits per heavy atom. The van der Waals surface area contributed by atoms with Gasteiger partial charge in [-0.05, 0) is 37.8 Å². The maximum absolute atomic E-state index is 13.4. The van der Waals surface area contributed by atoms with Crippen molar-refractivity contribution in [3.05, 3.63) is 29.1 Å². The monoisotopic (exact) mass is 223 g/mol. The number of benzene rings is 1. The van der Waals surface area contributed by atoms with Gasteiger partial charge in [0, 0.05) is 12.1 Å². The number of rotatable bonds is 2. The van der Waals surface area contributed by atoms with Crippen molar-refractivity contribution in [2.75, 3.05) is 0 Å². The molecule has 0 aromatic heterocycles. The number of phenolic OH excluding ortho intramolecular Hbond substituents is 1. The summed E-state index contributed by atoms with van der Waals surface area (Å²) in [7, 11) is 0. The summed E-state index contributed by atoms with van der Waals surface area (Å²) in [6.45, 7) is 1.63. The lowest BCUT2D eigenvalue weighted by Gasteiger charge is -2.26. The highest BCUT2D eigenvalue weighted by Gasteiger charge is 2.22. The Morgan fingerprint density at radius 3 is 2.75 bits per heavy atom. The van der Waals surface area contributed by atoms with Gasteiger partial charge in [0.05, 0.1) is 5.56 Å². The maximum atomic E-state index is 13.4. The third-order valence-corrected chi connectivity index (χ3v) is 2.97.